The number of hydrogen-bond acceptors (Lipinski definition) is 0. The van der Waals surface area contributed by atoms with Crippen LogP contribution in [0.5, 0.6) is 0 Å². The van der Waals surface area contributed by atoms with E-state index in [1.165, 1.54) is 61.3 Å². The highest BCUT2D eigenvalue weighted by molar-refractivity contribution is 5.96. The lowest BCUT2D eigenvalue weighted by molar-refractivity contribution is 0.396. The number of aryl methyl sites for hydroxylation is 2. The van der Waals surface area contributed by atoms with Crippen LogP contribution in [0.4, 0.5) is 0 Å². The molecule has 150 valence electrons. The van der Waals surface area contributed by atoms with Crippen LogP contribution in [-0.2, 0) is 19.3 Å². The van der Waals surface area contributed by atoms with Crippen molar-refractivity contribution in [1.29, 1.82) is 0 Å². The second kappa shape index (κ2) is 7.27. The molecule has 0 unspecified atom stereocenters. The molecule has 3 aliphatic rings. The highest BCUT2D eigenvalue weighted by atomic mass is 14.4. The lowest BCUT2D eigenvalue weighted by Crippen LogP contribution is -2.22. The maximum Gasteiger partial charge on any atom is -0.0106 e. The summed E-state index contributed by atoms with van der Waals surface area (Å²) in [5.74, 6) is 1.39. The molecule has 0 bridgehead atoms. The first kappa shape index (κ1) is 18.2. The van der Waals surface area contributed by atoms with Gasteiger partial charge in [0, 0.05) is 0 Å². The van der Waals surface area contributed by atoms with Gasteiger partial charge in [-0.2, -0.15) is 0 Å². The third-order valence-corrected chi connectivity index (χ3v) is 7.91. The van der Waals surface area contributed by atoms with Gasteiger partial charge in [-0.1, -0.05) is 73.7 Å². The van der Waals surface area contributed by atoms with E-state index in [0.29, 0.717) is 5.92 Å². The first-order chi connectivity index (χ1) is 14.8. The Morgan fingerprint density at radius 3 is 2.73 bits per heavy atom. The fourth-order valence-electron chi connectivity index (χ4n) is 6.37. The molecule has 0 N–H and O–H groups in total. The number of allylic oxidation sites excluding steroid dienone is 3. The molecule has 0 saturated heterocycles. The summed E-state index contributed by atoms with van der Waals surface area (Å²) in [6.45, 7) is 2.51. The van der Waals surface area contributed by atoms with E-state index in [0.717, 1.165) is 5.92 Å². The minimum Gasteiger partial charge on any atom is -0.0836 e. The van der Waals surface area contributed by atoms with E-state index in [1.807, 2.05) is 0 Å². The van der Waals surface area contributed by atoms with E-state index < -0.39 is 0 Å². The number of benzene rings is 3. The summed E-state index contributed by atoms with van der Waals surface area (Å²) in [7, 11) is 0. The smallest absolute Gasteiger partial charge is 0.0106 e. The monoisotopic (exact) mass is 390 g/mol. The Morgan fingerprint density at radius 1 is 0.867 bits per heavy atom. The first-order valence-electron chi connectivity index (χ1n) is 11.8. The van der Waals surface area contributed by atoms with E-state index in [9.17, 15) is 0 Å². The SMILES string of the molecule is C[C@H]1c2c(ccc3c2CCC=C3)CC[C@@H]1CC1=CCCc2ccc3ccccc3c21. The lowest BCUT2D eigenvalue weighted by atomic mass is 9.69. The number of rotatable bonds is 2. The largest absolute Gasteiger partial charge is 0.0836 e. The highest BCUT2D eigenvalue weighted by Gasteiger charge is 2.31. The third kappa shape index (κ3) is 2.88. The van der Waals surface area contributed by atoms with E-state index in [4.69, 9.17) is 0 Å². The predicted octanol–water partition coefficient (Wildman–Crippen LogP) is 7.89. The van der Waals surface area contributed by atoms with Crippen molar-refractivity contribution < 1.29 is 0 Å². The quantitative estimate of drug-likeness (QED) is 0.417. The summed E-state index contributed by atoms with van der Waals surface area (Å²) in [6.07, 6.45) is 15.8. The van der Waals surface area contributed by atoms with Gasteiger partial charge < -0.3 is 0 Å². The average molecular weight is 391 g/mol. The van der Waals surface area contributed by atoms with Crippen LogP contribution in [0.3, 0.4) is 0 Å². The van der Waals surface area contributed by atoms with Gasteiger partial charge in [0.15, 0.2) is 0 Å². The first-order valence-corrected chi connectivity index (χ1v) is 11.8. The van der Waals surface area contributed by atoms with Crippen molar-refractivity contribution >= 4 is 22.4 Å². The second-order valence-electron chi connectivity index (χ2n) is 9.53. The van der Waals surface area contributed by atoms with E-state index in [2.05, 4.69) is 73.7 Å². The maximum atomic E-state index is 2.56. The van der Waals surface area contributed by atoms with Crippen LogP contribution >= 0.6 is 0 Å². The topological polar surface area (TPSA) is 0 Å². The molecule has 3 aromatic carbocycles. The van der Waals surface area contributed by atoms with Gasteiger partial charge >= 0.3 is 0 Å². The van der Waals surface area contributed by atoms with E-state index in [1.54, 1.807) is 33.4 Å². The van der Waals surface area contributed by atoms with E-state index in [-0.39, 0.29) is 0 Å². The van der Waals surface area contributed by atoms with Crippen LogP contribution < -0.4 is 0 Å². The lowest BCUT2D eigenvalue weighted by Gasteiger charge is -2.36. The standard InChI is InChI=1S/C30H30/c1-20-25(18-17-24-16-14-21-7-2-4-11-27(21)29(20)24)19-26-10-6-9-23-15-13-22-8-3-5-12-28(22)30(23)26/h2-3,5,7-8,10,12-16,20,25H,4,6,9,11,17-19H2,1H3/t20-,25-/m1/s1. The minimum atomic E-state index is 0.649. The Balaban J connectivity index is 1.38. The Morgan fingerprint density at radius 2 is 1.77 bits per heavy atom. The molecule has 0 spiro atoms. The molecule has 0 amide bonds. The Labute approximate surface area is 180 Å². The third-order valence-electron chi connectivity index (χ3n) is 7.91. The molecule has 3 aliphatic carbocycles. The van der Waals surface area contributed by atoms with Gasteiger partial charge in [0.05, 0.1) is 0 Å². The van der Waals surface area contributed by atoms with Crippen LogP contribution in [0.2, 0.25) is 0 Å². The normalized spacial score (nSPS) is 22.2. The van der Waals surface area contributed by atoms with Crippen molar-refractivity contribution in [3.05, 3.63) is 94.1 Å². The molecule has 0 aromatic heterocycles. The fraction of sp³-hybridized carbons (Fsp3) is 0.333. The molecule has 0 nitrogen and oxygen atoms in total. The van der Waals surface area contributed by atoms with Crippen molar-refractivity contribution in [2.45, 2.75) is 57.8 Å². The summed E-state index contributed by atoms with van der Waals surface area (Å²) in [6, 6.07) is 18.4. The Hall–Kier alpha value is -2.60. The summed E-state index contributed by atoms with van der Waals surface area (Å²) < 4.78 is 0. The molecule has 0 saturated carbocycles. The molecule has 30 heavy (non-hydrogen) atoms. The van der Waals surface area contributed by atoms with Gasteiger partial charge in [0.2, 0.25) is 0 Å². The number of hydrogen-bond donors (Lipinski definition) is 0. The van der Waals surface area contributed by atoms with Gasteiger partial charge in [0.25, 0.3) is 0 Å². The second-order valence-corrected chi connectivity index (χ2v) is 9.53. The molecule has 0 radical (unpaired) electrons. The van der Waals surface area contributed by atoms with Crippen molar-refractivity contribution in [3.63, 3.8) is 0 Å². The van der Waals surface area contributed by atoms with Gasteiger partial charge in [0.1, 0.15) is 0 Å². The van der Waals surface area contributed by atoms with Gasteiger partial charge in [-0.05, 0) is 107 Å². The molecule has 3 aromatic rings. The molecule has 0 fully saturated rings. The van der Waals surface area contributed by atoms with Crippen molar-refractivity contribution in [2.24, 2.45) is 5.92 Å². The molecular formula is C30H30. The maximum absolute atomic E-state index is 2.56. The number of fused-ring (bicyclic) bond motifs is 6. The predicted molar refractivity (Wildman–Crippen MR) is 129 cm³/mol. The molecule has 0 heteroatoms. The Bertz CT molecular complexity index is 1190. The summed E-state index contributed by atoms with van der Waals surface area (Å²) in [5, 5.41) is 2.83. The zero-order chi connectivity index (χ0) is 20.1. The summed E-state index contributed by atoms with van der Waals surface area (Å²) in [4.78, 5) is 0. The molecule has 0 aliphatic heterocycles. The van der Waals surface area contributed by atoms with Gasteiger partial charge in [-0.25, -0.2) is 0 Å². The van der Waals surface area contributed by atoms with Crippen molar-refractivity contribution in [2.75, 3.05) is 0 Å². The van der Waals surface area contributed by atoms with Crippen LogP contribution in [0.1, 0.15) is 71.9 Å². The van der Waals surface area contributed by atoms with Gasteiger partial charge in [-0.3, -0.25) is 0 Å². The van der Waals surface area contributed by atoms with E-state index >= 15 is 0 Å². The highest BCUT2D eigenvalue weighted by Crippen LogP contribution is 2.46. The van der Waals surface area contributed by atoms with Crippen LogP contribution in [0, 0.1) is 5.92 Å². The van der Waals surface area contributed by atoms with Crippen molar-refractivity contribution in [1.82, 2.24) is 0 Å². The minimum absolute atomic E-state index is 0.649. The molecular weight excluding hydrogens is 360 g/mol. The molecule has 2 atom stereocenters. The zero-order valence-corrected chi connectivity index (χ0v) is 18.0. The summed E-state index contributed by atoms with van der Waals surface area (Å²) in [5.41, 5.74) is 11.2. The fourth-order valence-corrected chi connectivity index (χ4v) is 6.37. The zero-order valence-electron chi connectivity index (χ0n) is 18.0. The average Bonchev–Trinajstić information content (AvgIpc) is 2.80. The van der Waals surface area contributed by atoms with Gasteiger partial charge in [-0.15, -0.1) is 0 Å². The molecule has 6 rings (SSSR count). The van der Waals surface area contributed by atoms with Crippen LogP contribution in [-0.4, -0.2) is 0 Å². The summed E-state index contributed by atoms with van der Waals surface area (Å²) >= 11 is 0. The van der Waals surface area contributed by atoms with Crippen LogP contribution in [0.25, 0.3) is 22.4 Å². The Kier molecular flexibility index (Phi) is 4.41. The molecule has 0 heterocycles. The van der Waals surface area contributed by atoms with Crippen molar-refractivity contribution in [3.8, 4) is 0 Å². The van der Waals surface area contributed by atoms with Crippen LogP contribution in [0.15, 0.2) is 60.7 Å².